The van der Waals surface area contributed by atoms with E-state index in [-0.39, 0.29) is 23.6 Å². The van der Waals surface area contributed by atoms with E-state index in [9.17, 15) is 9.59 Å². The highest BCUT2D eigenvalue weighted by molar-refractivity contribution is 9.10. The van der Waals surface area contributed by atoms with Gasteiger partial charge in [0.1, 0.15) is 6.54 Å². The highest BCUT2D eigenvalue weighted by Crippen LogP contribution is 2.34. The van der Waals surface area contributed by atoms with Crippen LogP contribution in [0, 0.1) is 0 Å². The number of benzene rings is 1. The van der Waals surface area contributed by atoms with Crippen LogP contribution in [-0.2, 0) is 11.3 Å². The van der Waals surface area contributed by atoms with Crippen molar-refractivity contribution in [3.63, 3.8) is 0 Å². The number of nitrogens with zero attached hydrogens (tertiary/aromatic N) is 3. The topological polar surface area (TPSA) is 76.3 Å². The predicted molar refractivity (Wildman–Crippen MR) is 103 cm³/mol. The van der Waals surface area contributed by atoms with E-state index in [1.807, 2.05) is 41.8 Å². The minimum atomic E-state index is -0.350. The number of thioether (sulfide) groups is 1. The third-order valence-corrected chi connectivity index (χ3v) is 5.80. The van der Waals surface area contributed by atoms with Crippen molar-refractivity contribution in [1.82, 2.24) is 15.1 Å². The highest BCUT2D eigenvalue weighted by Gasteiger charge is 2.36. The van der Waals surface area contributed by atoms with Crippen LogP contribution in [0.4, 0.5) is 4.79 Å². The molecule has 6 nitrogen and oxygen atoms in total. The summed E-state index contributed by atoms with van der Waals surface area (Å²) < 4.78 is 6.54. The van der Waals surface area contributed by atoms with Crippen molar-refractivity contribution in [2.75, 3.05) is 0 Å². The van der Waals surface area contributed by atoms with Gasteiger partial charge in [-0.15, -0.1) is 21.5 Å². The van der Waals surface area contributed by atoms with Gasteiger partial charge in [0.05, 0.1) is 4.91 Å². The molecule has 26 heavy (non-hydrogen) atoms. The van der Waals surface area contributed by atoms with Crippen molar-refractivity contribution in [3.8, 4) is 11.5 Å². The second-order valence-electron chi connectivity index (χ2n) is 5.29. The van der Waals surface area contributed by atoms with Gasteiger partial charge in [0.25, 0.3) is 11.1 Å². The van der Waals surface area contributed by atoms with Gasteiger partial charge >= 0.3 is 0 Å². The van der Waals surface area contributed by atoms with Crippen molar-refractivity contribution in [2.24, 2.45) is 0 Å². The van der Waals surface area contributed by atoms with Crippen LogP contribution in [-0.4, -0.2) is 26.2 Å². The van der Waals surface area contributed by atoms with Crippen molar-refractivity contribution < 1.29 is 14.0 Å². The van der Waals surface area contributed by atoms with Crippen LogP contribution in [0.1, 0.15) is 10.8 Å². The maximum absolute atomic E-state index is 12.5. The van der Waals surface area contributed by atoms with E-state index in [0.29, 0.717) is 10.8 Å². The van der Waals surface area contributed by atoms with Gasteiger partial charge in [0.2, 0.25) is 11.8 Å². The fourth-order valence-corrected chi connectivity index (χ4v) is 4.13. The van der Waals surface area contributed by atoms with Crippen LogP contribution >= 0.6 is 39.0 Å². The Hall–Kier alpha value is -2.23. The van der Waals surface area contributed by atoms with Gasteiger partial charge in [-0.2, -0.15) is 0 Å². The molecule has 3 heterocycles. The van der Waals surface area contributed by atoms with E-state index in [2.05, 4.69) is 26.1 Å². The zero-order valence-electron chi connectivity index (χ0n) is 13.1. The van der Waals surface area contributed by atoms with E-state index in [1.54, 1.807) is 6.08 Å². The predicted octanol–water partition coefficient (Wildman–Crippen LogP) is 4.80. The van der Waals surface area contributed by atoms with Crippen molar-refractivity contribution >= 4 is 56.3 Å². The number of carbonyl (C=O) groups is 2. The van der Waals surface area contributed by atoms with Crippen molar-refractivity contribution in [2.45, 2.75) is 6.54 Å². The van der Waals surface area contributed by atoms with Gasteiger partial charge in [-0.25, -0.2) is 0 Å². The van der Waals surface area contributed by atoms with Gasteiger partial charge in [0, 0.05) is 14.9 Å². The molecule has 0 aliphatic carbocycles. The van der Waals surface area contributed by atoms with Crippen LogP contribution in [0.5, 0.6) is 0 Å². The molecule has 0 radical (unpaired) electrons. The summed E-state index contributed by atoms with van der Waals surface area (Å²) in [6.07, 6.45) is 1.72. The number of imide groups is 1. The van der Waals surface area contributed by atoms with Gasteiger partial charge < -0.3 is 4.42 Å². The van der Waals surface area contributed by atoms with Crippen molar-refractivity contribution in [3.05, 3.63) is 61.9 Å². The fourth-order valence-electron chi connectivity index (χ4n) is 2.30. The van der Waals surface area contributed by atoms with Crippen molar-refractivity contribution in [1.29, 1.82) is 0 Å². The normalized spacial score (nSPS) is 16.0. The second kappa shape index (κ2) is 7.18. The van der Waals surface area contributed by atoms with E-state index < -0.39 is 0 Å². The van der Waals surface area contributed by atoms with Gasteiger partial charge in [-0.3, -0.25) is 14.5 Å². The number of hydrogen-bond donors (Lipinski definition) is 0. The molecule has 3 aromatic rings. The van der Waals surface area contributed by atoms with E-state index in [0.717, 1.165) is 31.6 Å². The quantitative estimate of drug-likeness (QED) is 0.534. The molecule has 0 N–H and O–H groups in total. The molecule has 2 aromatic heterocycles. The molecule has 4 rings (SSSR count). The van der Waals surface area contributed by atoms with E-state index >= 15 is 0 Å². The van der Waals surface area contributed by atoms with E-state index in [4.69, 9.17) is 4.42 Å². The highest BCUT2D eigenvalue weighted by atomic mass is 79.9. The number of halogens is 1. The standard InChI is InChI=1S/C17H10BrN3O3S2/c18-11-5-3-10(4-6-11)15-20-19-14(24-15)9-21-16(22)13(26-17(21)23)8-12-2-1-7-25-12/h1-8H,9H2/b13-8-. The average molecular weight is 448 g/mol. The van der Waals surface area contributed by atoms with Crippen LogP contribution in [0.3, 0.4) is 0 Å². The molecular weight excluding hydrogens is 438 g/mol. The Kier molecular flexibility index (Phi) is 4.75. The molecule has 0 unspecified atom stereocenters. The van der Waals surface area contributed by atoms with Crippen LogP contribution in [0.15, 0.2) is 55.6 Å². The van der Waals surface area contributed by atoms with Crippen LogP contribution < -0.4 is 0 Å². The molecule has 0 atom stereocenters. The third-order valence-electron chi connectivity index (χ3n) is 3.54. The summed E-state index contributed by atoms with van der Waals surface area (Å²) in [5.41, 5.74) is 0.763. The Balaban J connectivity index is 1.51. The molecule has 1 aliphatic heterocycles. The third kappa shape index (κ3) is 3.50. The number of hydrogen-bond acceptors (Lipinski definition) is 7. The molecule has 1 saturated heterocycles. The summed E-state index contributed by atoms with van der Waals surface area (Å²) in [5.74, 6) is 0.202. The molecule has 0 saturated carbocycles. The van der Waals surface area contributed by atoms with Gasteiger partial charge in [0.15, 0.2) is 0 Å². The summed E-state index contributed by atoms with van der Waals surface area (Å²) in [6, 6.07) is 11.2. The Labute approximate surface area is 165 Å². The number of carbonyl (C=O) groups excluding carboxylic acids is 2. The maximum Gasteiger partial charge on any atom is 0.294 e. The summed E-state index contributed by atoms with van der Waals surface area (Å²) in [5, 5.41) is 9.50. The minimum Gasteiger partial charge on any atom is -0.419 e. The molecule has 0 spiro atoms. The summed E-state index contributed by atoms with van der Waals surface area (Å²) in [4.78, 5) is 27.1. The summed E-state index contributed by atoms with van der Waals surface area (Å²) in [7, 11) is 0. The second-order valence-corrected chi connectivity index (χ2v) is 8.18. The SMILES string of the molecule is O=C1S/C(=C\c2cccs2)C(=O)N1Cc1nnc(-c2ccc(Br)cc2)o1. The molecule has 1 aliphatic rings. The largest absolute Gasteiger partial charge is 0.419 e. The lowest BCUT2D eigenvalue weighted by Crippen LogP contribution is -2.27. The number of amides is 2. The lowest BCUT2D eigenvalue weighted by molar-refractivity contribution is -0.123. The average Bonchev–Trinajstić information content (AvgIpc) is 3.35. The van der Waals surface area contributed by atoms with Crippen LogP contribution in [0.25, 0.3) is 17.5 Å². The molecule has 2 amide bonds. The van der Waals surface area contributed by atoms with Gasteiger partial charge in [-0.1, -0.05) is 22.0 Å². The van der Waals surface area contributed by atoms with Crippen LogP contribution in [0.2, 0.25) is 0 Å². The number of aromatic nitrogens is 2. The zero-order chi connectivity index (χ0) is 18.1. The maximum atomic E-state index is 12.5. The van der Waals surface area contributed by atoms with Gasteiger partial charge in [-0.05, 0) is 53.5 Å². The molecule has 0 bridgehead atoms. The lowest BCUT2D eigenvalue weighted by Gasteiger charge is -2.08. The monoisotopic (exact) mass is 447 g/mol. The molecule has 1 fully saturated rings. The molecule has 9 heteroatoms. The first-order valence-electron chi connectivity index (χ1n) is 7.47. The van der Waals surface area contributed by atoms with E-state index in [1.165, 1.54) is 11.3 Å². The Morgan fingerprint density at radius 1 is 1.15 bits per heavy atom. The minimum absolute atomic E-state index is 0.0457. The zero-order valence-corrected chi connectivity index (χ0v) is 16.3. The summed E-state index contributed by atoms with van der Waals surface area (Å²) >= 11 is 5.78. The number of rotatable bonds is 4. The summed E-state index contributed by atoms with van der Waals surface area (Å²) in [6.45, 7) is -0.0457. The first kappa shape index (κ1) is 17.2. The fraction of sp³-hybridized carbons (Fsp3) is 0.0588. The number of thiophene rings is 1. The molecular formula is C17H10BrN3O3S2. The first-order valence-corrected chi connectivity index (χ1v) is 9.96. The Morgan fingerprint density at radius 2 is 1.96 bits per heavy atom. The first-order chi connectivity index (χ1) is 12.6. The Bertz CT molecular complexity index is 997. The lowest BCUT2D eigenvalue weighted by atomic mass is 10.2. The molecule has 130 valence electrons. The smallest absolute Gasteiger partial charge is 0.294 e. The molecule has 1 aromatic carbocycles. The Morgan fingerprint density at radius 3 is 2.69 bits per heavy atom.